The molecular formula is C17H21N3O3. The summed E-state index contributed by atoms with van der Waals surface area (Å²) in [7, 11) is 0. The molecule has 3 rings (SSSR count). The number of hydrogen-bond donors (Lipinski definition) is 3. The SMILES string of the molecule is Cc1nc2c3ccc(C(C)(C)C)nc3cc(C(O)(O)O)n2c1C. The third-order valence-electron chi connectivity index (χ3n) is 4.14. The molecule has 122 valence electrons. The first-order valence-corrected chi connectivity index (χ1v) is 7.47. The minimum Gasteiger partial charge on any atom is -0.339 e. The molecule has 0 radical (unpaired) electrons. The van der Waals surface area contributed by atoms with Crippen LogP contribution in [0.1, 0.15) is 43.5 Å². The lowest BCUT2D eigenvalue weighted by molar-refractivity contribution is -0.326. The van der Waals surface area contributed by atoms with Crippen molar-refractivity contribution in [2.45, 2.75) is 46.0 Å². The van der Waals surface area contributed by atoms with Gasteiger partial charge >= 0.3 is 5.97 Å². The van der Waals surface area contributed by atoms with Gasteiger partial charge in [0, 0.05) is 22.2 Å². The summed E-state index contributed by atoms with van der Waals surface area (Å²) in [6.45, 7) is 9.81. The summed E-state index contributed by atoms with van der Waals surface area (Å²) in [6, 6.07) is 5.37. The van der Waals surface area contributed by atoms with Crippen LogP contribution in [0, 0.1) is 13.8 Å². The van der Waals surface area contributed by atoms with E-state index in [-0.39, 0.29) is 11.1 Å². The van der Waals surface area contributed by atoms with Crippen molar-refractivity contribution in [1.82, 2.24) is 14.4 Å². The Hall–Kier alpha value is -2.02. The van der Waals surface area contributed by atoms with E-state index in [1.54, 1.807) is 4.40 Å². The average Bonchev–Trinajstić information content (AvgIpc) is 2.72. The molecule has 6 nitrogen and oxygen atoms in total. The Morgan fingerprint density at radius 3 is 2.22 bits per heavy atom. The van der Waals surface area contributed by atoms with Crippen LogP contribution >= 0.6 is 0 Å². The fourth-order valence-corrected chi connectivity index (χ4v) is 2.72. The van der Waals surface area contributed by atoms with Crippen molar-refractivity contribution >= 4 is 16.6 Å². The van der Waals surface area contributed by atoms with E-state index in [0.717, 1.165) is 22.5 Å². The summed E-state index contributed by atoms with van der Waals surface area (Å²) in [5.41, 5.74) is 3.25. The van der Waals surface area contributed by atoms with Gasteiger partial charge in [-0.15, -0.1) is 0 Å². The van der Waals surface area contributed by atoms with Crippen LogP contribution in [-0.2, 0) is 11.4 Å². The van der Waals surface area contributed by atoms with Crippen molar-refractivity contribution in [2.24, 2.45) is 0 Å². The molecule has 3 heterocycles. The van der Waals surface area contributed by atoms with Crippen molar-refractivity contribution in [3.8, 4) is 0 Å². The molecule has 0 aliphatic heterocycles. The van der Waals surface area contributed by atoms with Gasteiger partial charge in [0.2, 0.25) is 0 Å². The first kappa shape index (κ1) is 15.9. The lowest BCUT2D eigenvalue weighted by atomic mass is 9.91. The van der Waals surface area contributed by atoms with Crippen LogP contribution in [0.3, 0.4) is 0 Å². The van der Waals surface area contributed by atoms with Crippen molar-refractivity contribution in [1.29, 1.82) is 0 Å². The Morgan fingerprint density at radius 2 is 1.65 bits per heavy atom. The Morgan fingerprint density at radius 1 is 1.00 bits per heavy atom. The first-order chi connectivity index (χ1) is 10.5. The molecule has 23 heavy (non-hydrogen) atoms. The molecule has 0 bridgehead atoms. The van der Waals surface area contributed by atoms with E-state index in [0.29, 0.717) is 11.2 Å². The number of fused-ring (bicyclic) bond motifs is 3. The molecule has 0 fully saturated rings. The Labute approximate surface area is 134 Å². The Bertz CT molecular complexity index is 915. The van der Waals surface area contributed by atoms with E-state index in [1.807, 2.05) is 26.0 Å². The topological polar surface area (TPSA) is 90.9 Å². The first-order valence-electron chi connectivity index (χ1n) is 7.47. The molecule has 0 amide bonds. The van der Waals surface area contributed by atoms with E-state index in [1.165, 1.54) is 6.07 Å². The summed E-state index contributed by atoms with van der Waals surface area (Å²) >= 11 is 0. The van der Waals surface area contributed by atoms with Crippen LogP contribution in [0.15, 0.2) is 18.2 Å². The molecule has 0 spiro atoms. The van der Waals surface area contributed by atoms with Crippen LogP contribution in [0.4, 0.5) is 0 Å². The van der Waals surface area contributed by atoms with E-state index in [4.69, 9.17) is 0 Å². The van der Waals surface area contributed by atoms with Gasteiger partial charge in [-0.2, -0.15) is 0 Å². The molecule has 0 saturated carbocycles. The second kappa shape index (κ2) is 4.74. The van der Waals surface area contributed by atoms with Gasteiger partial charge in [0.25, 0.3) is 0 Å². The Kier molecular flexibility index (Phi) is 3.27. The Balaban J connectivity index is 2.48. The van der Waals surface area contributed by atoms with Gasteiger partial charge in [-0.1, -0.05) is 20.8 Å². The van der Waals surface area contributed by atoms with Gasteiger partial charge in [-0.05, 0) is 32.0 Å². The zero-order chi connectivity index (χ0) is 17.2. The normalized spacial score (nSPS) is 13.2. The zero-order valence-electron chi connectivity index (χ0n) is 13.9. The van der Waals surface area contributed by atoms with Crippen molar-refractivity contribution in [3.63, 3.8) is 0 Å². The highest BCUT2D eigenvalue weighted by molar-refractivity contribution is 5.92. The maximum absolute atomic E-state index is 9.74. The number of aliphatic hydroxyl groups is 3. The molecule has 0 saturated heterocycles. The lowest BCUT2D eigenvalue weighted by Gasteiger charge is -2.20. The highest BCUT2D eigenvalue weighted by atomic mass is 16.7. The third kappa shape index (κ3) is 2.49. The largest absolute Gasteiger partial charge is 0.339 e. The zero-order valence-corrected chi connectivity index (χ0v) is 13.9. The molecule has 3 aromatic rings. The molecule has 3 N–H and O–H groups in total. The second-order valence-corrected chi connectivity index (χ2v) is 6.99. The molecule has 6 heteroatoms. The predicted octanol–water partition coefficient (Wildman–Crippen LogP) is 1.88. The second-order valence-electron chi connectivity index (χ2n) is 6.99. The van der Waals surface area contributed by atoms with Crippen LogP contribution in [0.25, 0.3) is 16.6 Å². The molecule has 0 atom stereocenters. The lowest BCUT2D eigenvalue weighted by Crippen LogP contribution is -2.27. The van der Waals surface area contributed by atoms with Crippen LogP contribution in [0.5, 0.6) is 0 Å². The fraction of sp³-hybridized carbons (Fsp3) is 0.412. The van der Waals surface area contributed by atoms with Gasteiger partial charge in [0.1, 0.15) is 11.3 Å². The predicted molar refractivity (Wildman–Crippen MR) is 87.0 cm³/mol. The highest BCUT2D eigenvalue weighted by Gasteiger charge is 2.29. The fourth-order valence-electron chi connectivity index (χ4n) is 2.72. The van der Waals surface area contributed by atoms with E-state index >= 15 is 0 Å². The molecular weight excluding hydrogens is 294 g/mol. The monoisotopic (exact) mass is 315 g/mol. The van der Waals surface area contributed by atoms with Gasteiger partial charge in [0.05, 0.1) is 11.2 Å². The molecule has 0 unspecified atom stereocenters. The number of nitrogens with zero attached hydrogens (tertiary/aromatic N) is 3. The maximum atomic E-state index is 9.74. The minimum atomic E-state index is -2.97. The molecule has 0 aliphatic rings. The van der Waals surface area contributed by atoms with E-state index < -0.39 is 5.97 Å². The summed E-state index contributed by atoms with van der Waals surface area (Å²) in [5, 5.41) is 30.0. The van der Waals surface area contributed by atoms with E-state index in [2.05, 4.69) is 30.7 Å². The number of rotatable bonds is 1. The highest BCUT2D eigenvalue weighted by Crippen LogP contribution is 2.29. The molecule has 0 aliphatic carbocycles. The summed E-state index contributed by atoms with van der Waals surface area (Å²) in [4.78, 5) is 9.12. The maximum Gasteiger partial charge on any atom is 0.320 e. The van der Waals surface area contributed by atoms with Crippen molar-refractivity contribution in [3.05, 3.63) is 41.0 Å². The molecule has 3 aromatic heterocycles. The number of pyridine rings is 2. The summed E-state index contributed by atoms with van der Waals surface area (Å²) in [5.74, 6) is -2.97. The van der Waals surface area contributed by atoms with Gasteiger partial charge in [-0.25, -0.2) is 4.98 Å². The summed E-state index contributed by atoms with van der Waals surface area (Å²) < 4.78 is 1.55. The van der Waals surface area contributed by atoms with Gasteiger partial charge in [-0.3, -0.25) is 9.38 Å². The minimum absolute atomic E-state index is 0.0725. The quantitative estimate of drug-likeness (QED) is 0.597. The smallest absolute Gasteiger partial charge is 0.320 e. The van der Waals surface area contributed by atoms with Crippen LogP contribution in [0.2, 0.25) is 0 Å². The number of aryl methyl sites for hydroxylation is 2. The summed E-state index contributed by atoms with van der Waals surface area (Å²) in [6.07, 6.45) is 0. The van der Waals surface area contributed by atoms with E-state index in [9.17, 15) is 15.3 Å². The van der Waals surface area contributed by atoms with Crippen LogP contribution < -0.4 is 0 Å². The number of hydrogen-bond acceptors (Lipinski definition) is 5. The van der Waals surface area contributed by atoms with Gasteiger partial charge < -0.3 is 15.3 Å². The number of aromatic nitrogens is 3. The number of imidazole rings is 1. The average molecular weight is 315 g/mol. The van der Waals surface area contributed by atoms with Crippen molar-refractivity contribution < 1.29 is 15.3 Å². The third-order valence-corrected chi connectivity index (χ3v) is 4.14. The van der Waals surface area contributed by atoms with Crippen LogP contribution in [-0.4, -0.2) is 29.7 Å². The van der Waals surface area contributed by atoms with Crippen molar-refractivity contribution in [2.75, 3.05) is 0 Å². The molecule has 0 aromatic carbocycles. The van der Waals surface area contributed by atoms with Gasteiger partial charge in [0.15, 0.2) is 0 Å². The standard InChI is InChI=1S/C17H21N3O3/c1-9-10(2)20-14(17(21,22)23)8-12-11(15(20)18-9)6-7-13(19-12)16(3,4)5/h6-8,21-23H,1-5H3.